The van der Waals surface area contributed by atoms with E-state index >= 15 is 0 Å². The molecular formula is C21H38N4O2. The number of piperazine rings is 1. The number of hydrogen-bond donors (Lipinski definition) is 1. The summed E-state index contributed by atoms with van der Waals surface area (Å²) in [5.41, 5.74) is 0. The van der Waals surface area contributed by atoms with Gasteiger partial charge in [-0.15, -0.1) is 0 Å². The Hall–Kier alpha value is -1.14. The monoisotopic (exact) mass is 378 g/mol. The second-order valence-corrected chi connectivity index (χ2v) is 8.74. The number of nitrogens with one attached hydrogen (secondary N) is 1. The summed E-state index contributed by atoms with van der Waals surface area (Å²) in [5, 5.41) is 3.46. The van der Waals surface area contributed by atoms with Crippen molar-refractivity contribution in [3.63, 3.8) is 0 Å². The zero-order valence-corrected chi connectivity index (χ0v) is 17.1. The molecule has 0 bridgehead atoms. The summed E-state index contributed by atoms with van der Waals surface area (Å²) in [6.07, 6.45) is 7.92. The summed E-state index contributed by atoms with van der Waals surface area (Å²) < 4.78 is 0. The van der Waals surface area contributed by atoms with Gasteiger partial charge in [0.2, 0.25) is 11.8 Å². The number of hydrogen-bond acceptors (Lipinski definition) is 4. The summed E-state index contributed by atoms with van der Waals surface area (Å²) in [4.78, 5) is 31.5. The van der Waals surface area contributed by atoms with Gasteiger partial charge >= 0.3 is 0 Å². The van der Waals surface area contributed by atoms with E-state index in [2.05, 4.69) is 17.1 Å². The van der Waals surface area contributed by atoms with Crippen LogP contribution in [0.15, 0.2) is 0 Å². The Kier molecular flexibility index (Phi) is 7.94. The van der Waals surface area contributed by atoms with Crippen LogP contribution in [0.1, 0.15) is 51.9 Å². The smallest absolute Gasteiger partial charge is 0.236 e. The minimum Gasteiger partial charge on any atom is -0.342 e. The molecule has 2 amide bonds. The Morgan fingerprint density at radius 2 is 1.56 bits per heavy atom. The Balaban J connectivity index is 1.37. The van der Waals surface area contributed by atoms with Crippen molar-refractivity contribution in [2.75, 3.05) is 58.9 Å². The largest absolute Gasteiger partial charge is 0.342 e. The van der Waals surface area contributed by atoms with E-state index in [0.717, 1.165) is 65.2 Å². The van der Waals surface area contributed by atoms with Gasteiger partial charge in [-0.2, -0.15) is 0 Å². The van der Waals surface area contributed by atoms with E-state index in [1.165, 1.54) is 25.7 Å². The number of likely N-dealkylation sites (tertiary alicyclic amines) is 1. The second kappa shape index (κ2) is 10.4. The van der Waals surface area contributed by atoms with Gasteiger partial charge in [0, 0.05) is 45.7 Å². The number of piperidine rings is 1. The van der Waals surface area contributed by atoms with Gasteiger partial charge in [0.25, 0.3) is 0 Å². The van der Waals surface area contributed by atoms with Gasteiger partial charge < -0.3 is 15.1 Å². The molecule has 0 aromatic rings. The lowest BCUT2D eigenvalue weighted by atomic mass is 9.85. The Morgan fingerprint density at radius 1 is 0.889 bits per heavy atom. The highest BCUT2D eigenvalue weighted by Gasteiger charge is 2.27. The molecule has 0 aromatic heterocycles. The molecule has 3 rings (SSSR count). The molecule has 0 aromatic carbocycles. The number of carbonyl (C=O) groups is 2. The van der Waals surface area contributed by atoms with E-state index in [1.54, 1.807) is 0 Å². The standard InChI is InChI=1S/C21H38N4O2/c1-18(19-7-6-8-22-16-19)15-20(26)25-13-11-23(12-14-25)17-21(27)24-9-4-2-3-5-10-24/h18-19,22H,2-17H2,1H3. The van der Waals surface area contributed by atoms with Crippen molar-refractivity contribution in [1.29, 1.82) is 0 Å². The maximum atomic E-state index is 12.7. The first-order valence-corrected chi connectivity index (χ1v) is 11.1. The van der Waals surface area contributed by atoms with E-state index < -0.39 is 0 Å². The number of carbonyl (C=O) groups excluding carboxylic acids is 2. The Bertz CT molecular complexity index is 477. The van der Waals surface area contributed by atoms with Crippen LogP contribution in [0.5, 0.6) is 0 Å². The summed E-state index contributed by atoms with van der Waals surface area (Å²) in [6, 6.07) is 0. The molecule has 3 aliphatic rings. The van der Waals surface area contributed by atoms with Crippen molar-refractivity contribution in [2.45, 2.75) is 51.9 Å². The van der Waals surface area contributed by atoms with Crippen LogP contribution in [-0.2, 0) is 9.59 Å². The summed E-state index contributed by atoms with van der Waals surface area (Å²) >= 11 is 0. The third kappa shape index (κ3) is 6.18. The maximum Gasteiger partial charge on any atom is 0.236 e. The van der Waals surface area contributed by atoms with Gasteiger partial charge in [0.1, 0.15) is 0 Å². The molecule has 0 aliphatic carbocycles. The molecule has 154 valence electrons. The van der Waals surface area contributed by atoms with Crippen molar-refractivity contribution in [1.82, 2.24) is 20.0 Å². The predicted molar refractivity (Wildman–Crippen MR) is 107 cm³/mol. The molecule has 3 heterocycles. The van der Waals surface area contributed by atoms with Gasteiger partial charge in [-0.25, -0.2) is 0 Å². The molecule has 2 atom stereocenters. The van der Waals surface area contributed by atoms with Gasteiger partial charge in [0.15, 0.2) is 0 Å². The highest BCUT2D eigenvalue weighted by molar-refractivity contribution is 5.78. The molecule has 3 aliphatic heterocycles. The summed E-state index contributed by atoms with van der Waals surface area (Å²) in [7, 11) is 0. The first kappa shape index (κ1) is 20.6. The van der Waals surface area contributed by atoms with Crippen LogP contribution in [0, 0.1) is 11.8 Å². The average Bonchev–Trinajstić information content (AvgIpc) is 2.99. The molecular weight excluding hydrogens is 340 g/mol. The van der Waals surface area contributed by atoms with Crippen molar-refractivity contribution < 1.29 is 9.59 Å². The van der Waals surface area contributed by atoms with Gasteiger partial charge in [-0.3, -0.25) is 14.5 Å². The fourth-order valence-corrected chi connectivity index (χ4v) is 4.70. The highest BCUT2D eigenvalue weighted by Crippen LogP contribution is 2.23. The van der Waals surface area contributed by atoms with Crippen molar-refractivity contribution in [3.05, 3.63) is 0 Å². The number of rotatable bonds is 5. The molecule has 3 fully saturated rings. The molecule has 6 nitrogen and oxygen atoms in total. The van der Waals surface area contributed by atoms with Crippen LogP contribution >= 0.6 is 0 Å². The molecule has 0 saturated carbocycles. The third-order valence-electron chi connectivity index (χ3n) is 6.68. The Morgan fingerprint density at radius 3 is 2.19 bits per heavy atom. The SMILES string of the molecule is CC(CC(=O)N1CCN(CC(=O)N2CCCCCC2)CC1)C1CCCNC1. The van der Waals surface area contributed by atoms with Crippen LogP contribution in [0.2, 0.25) is 0 Å². The number of nitrogens with zero attached hydrogens (tertiary/aromatic N) is 3. The second-order valence-electron chi connectivity index (χ2n) is 8.74. The minimum absolute atomic E-state index is 0.273. The van der Waals surface area contributed by atoms with Crippen molar-refractivity contribution in [2.24, 2.45) is 11.8 Å². The van der Waals surface area contributed by atoms with Crippen molar-refractivity contribution >= 4 is 11.8 Å². The van der Waals surface area contributed by atoms with Gasteiger partial charge in [0.05, 0.1) is 6.54 Å². The molecule has 2 unspecified atom stereocenters. The topological polar surface area (TPSA) is 55.9 Å². The maximum absolute atomic E-state index is 12.7. The van der Waals surface area contributed by atoms with Crippen molar-refractivity contribution in [3.8, 4) is 0 Å². The molecule has 0 radical (unpaired) electrons. The predicted octanol–water partition coefficient (Wildman–Crippen LogP) is 1.56. The lowest BCUT2D eigenvalue weighted by Gasteiger charge is -2.36. The summed E-state index contributed by atoms with van der Waals surface area (Å²) in [6.45, 7) is 9.95. The minimum atomic E-state index is 0.273. The van der Waals surface area contributed by atoms with Crippen LogP contribution in [0.25, 0.3) is 0 Å². The molecule has 3 saturated heterocycles. The summed E-state index contributed by atoms with van der Waals surface area (Å²) in [5.74, 6) is 1.66. The molecule has 6 heteroatoms. The average molecular weight is 379 g/mol. The van der Waals surface area contributed by atoms with Crippen LogP contribution in [0.3, 0.4) is 0 Å². The highest BCUT2D eigenvalue weighted by atomic mass is 16.2. The van der Waals surface area contributed by atoms with E-state index in [9.17, 15) is 9.59 Å². The lowest BCUT2D eigenvalue weighted by molar-refractivity contribution is -0.136. The molecule has 0 spiro atoms. The number of amides is 2. The van der Waals surface area contributed by atoms with Gasteiger partial charge in [-0.1, -0.05) is 19.8 Å². The first-order chi connectivity index (χ1) is 13.1. The fraction of sp³-hybridized carbons (Fsp3) is 0.905. The van der Waals surface area contributed by atoms with E-state index in [1.807, 2.05) is 9.80 Å². The van der Waals surface area contributed by atoms with Crippen LogP contribution in [-0.4, -0.2) is 85.4 Å². The van der Waals surface area contributed by atoms with Crippen LogP contribution in [0.4, 0.5) is 0 Å². The lowest BCUT2D eigenvalue weighted by Crippen LogP contribution is -2.52. The van der Waals surface area contributed by atoms with Gasteiger partial charge in [-0.05, 0) is 50.6 Å². The fourth-order valence-electron chi connectivity index (χ4n) is 4.70. The zero-order chi connectivity index (χ0) is 19.1. The third-order valence-corrected chi connectivity index (χ3v) is 6.68. The van der Waals surface area contributed by atoms with E-state index in [0.29, 0.717) is 30.7 Å². The normalized spacial score (nSPS) is 26.5. The molecule has 1 N–H and O–H groups in total. The zero-order valence-electron chi connectivity index (χ0n) is 17.1. The van der Waals surface area contributed by atoms with E-state index in [4.69, 9.17) is 0 Å². The van der Waals surface area contributed by atoms with E-state index in [-0.39, 0.29) is 5.91 Å². The molecule has 27 heavy (non-hydrogen) atoms. The first-order valence-electron chi connectivity index (χ1n) is 11.1. The quantitative estimate of drug-likeness (QED) is 0.789. The Labute approximate surface area is 164 Å². The van der Waals surface area contributed by atoms with Crippen LogP contribution < -0.4 is 5.32 Å².